The van der Waals surface area contributed by atoms with Crippen LogP contribution in [0.2, 0.25) is 0 Å². The van der Waals surface area contributed by atoms with Crippen molar-refractivity contribution in [1.82, 2.24) is 5.32 Å². The molecule has 0 fully saturated rings. The Morgan fingerprint density at radius 2 is 1.79 bits per heavy atom. The first-order valence-corrected chi connectivity index (χ1v) is 9.37. The first-order valence-electron chi connectivity index (χ1n) is 8.49. The lowest BCUT2D eigenvalue weighted by Crippen LogP contribution is -2.45. The van der Waals surface area contributed by atoms with Crippen LogP contribution in [0.4, 0.5) is 5.00 Å². The molecule has 4 N–H and O–H groups in total. The highest BCUT2D eigenvalue weighted by Crippen LogP contribution is 2.22. The van der Waals surface area contributed by atoms with E-state index >= 15 is 0 Å². The molecule has 2 aromatic rings. The van der Waals surface area contributed by atoms with Crippen molar-refractivity contribution in [3.05, 3.63) is 52.9 Å². The number of primary amides is 1. The number of carbonyl (C=O) groups excluding carboxylic acids is 4. The normalized spacial score (nSPS) is 11.5. The third-order valence-electron chi connectivity index (χ3n) is 3.77. The van der Waals surface area contributed by atoms with E-state index in [1.807, 2.05) is 0 Å². The van der Waals surface area contributed by atoms with E-state index in [-0.39, 0.29) is 16.5 Å². The minimum absolute atomic E-state index is 0.180. The van der Waals surface area contributed by atoms with Crippen LogP contribution in [-0.4, -0.2) is 36.3 Å². The molecule has 8 nitrogen and oxygen atoms in total. The summed E-state index contributed by atoms with van der Waals surface area (Å²) in [5, 5.41) is 6.99. The van der Waals surface area contributed by atoms with Gasteiger partial charge in [-0.15, -0.1) is 11.3 Å². The minimum Gasteiger partial charge on any atom is -0.454 e. The predicted octanol–water partition coefficient (Wildman–Crippen LogP) is 1.78. The van der Waals surface area contributed by atoms with Crippen molar-refractivity contribution in [2.45, 2.75) is 19.9 Å². The number of carbonyl (C=O) groups is 4. The van der Waals surface area contributed by atoms with Crippen LogP contribution in [0.3, 0.4) is 0 Å². The molecule has 0 aliphatic carbocycles. The molecule has 0 spiro atoms. The number of nitrogens with one attached hydrogen (secondary N) is 2. The Hall–Kier alpha value is -3.20. The first-order chi connectivity index (χ1) is 13.3. The number of hydrogen-bond acceptors (Lipinski definition) is 6. The van der Waals surface area contributed by atoms with Gasteiger partial charge in [-0.3, -0.25) is 14.4 Å². The summed E-state index contributed by atoms with van der Waals surface area (Å²) in [4.78, 5) is 47.9. The third kappa shape index (κ3) is 5.65. The Morgan fingerprint density at radius 3 is 2.39 bits per heavy atom. The summed E-state index contributed by atoms with van der Waals surface area (Å²) in [5.74, 6) is -2.67. The van der Waals surface area contributed by atoms with Crippen molar-refractivity contribution in [2.75, 3.05) is 11.9 Å². The van der Waals surface area contributed by atoms with E-state index in [1.54, 1.807) is 49.6 Å². The molecule has 28 heavy (non-hydrogen) atoms. The molecule has 1 atom stereocenters. The van der Waals surface area contributed by atoms with Crippen molar-refractivity contribution in [2.24, 2.45) is 11.7 Å². The van der Waals surface area contributed by atoms with Crippen LogP contribution in [0.25, 0.3) is 0 Å². The molecule has 3 amide bonds. The van der Waals surface area contributed by atoms with Gasteiger partial charge in [-0.25, -0.2) is 4.79 Å². The Morgan fingerprint density at radius 1 is 1.11 bits per heavy atom. The second-order valence-corrected chi connectivity index (χ2v) is 7.16. The Bertz CT molecular complexity index is 863. The lowest BCUT2D eigenvalue weighted by atomic mass is 10.0. The van der Waals surface area contributed by atoms with Crippen LogP contribution in [0.5, 0.6) is 0 Å². The van der Waals surface area contributed by atoms with Gasteiger partial charge < -0.3 is 21.1 Å². The van der Waals surface area contributed by atoms with Crippen LogP contribution >= 0.6 is 11.3 Å². The molecule has 148 valence electrons. The largest absolute Gasteiger partial charge is 0.454 e. The molecule has 0 saturated carbocycles. The molecule has 1 aromatic carbocycles. The molecule has 1 aromatic heterocycles. The van der Waals surface area contributed by atoms with E-state index in [0.717, 1.165) is 11.3 Å². The zero-order chi connectivity index (χ0) is 20.7. The summed E-state index contributed by atoms with van der Waals surface area (Å²) in [6.45, 7) is 2.95. The standard InChI is InChI=1S/C19H21N3O5S/c1-11(2)15(22-17(25)12-6-4-3-5-7-12)19(26)27-10-14(23)21-18-13(16(20)24)8-9-28-18/h3-9,11,15H,10H2,1-2H3,(H2,20,24)(H,21,23)(H,22,25)/t15-/m1/s1. The Balaban J connectivity index is 1.93. The van der Waals surface area contributed by atoms with Crippen LogP contribution in [-0.2, 0) is 14.3 Å². The highest BCUT2D eigenvalue weighted by atomic mass is 32.1. The smallest absolute Gasteiger partial charge is 0.329 e. The van der Waals surface area contributed by atoms with Gasteiger partial charge in [0.2, 0.25) is 0 Å². The van der Waals surface area contributed by atoms with Gasteiger partial charge in [0.15, 0.2) is 6.61 Å². The Kier molecular flexibility index (Phi) is 7.28. The fourth-order valence-electron chi connectivity index (χ4n) is 2.30. The van der Waals surface area contributed by atoms with Crippen molar-refractivity contribution in [3.8, 4) is 0 Å². The quantitative estimate of drug-likeness (QED) is 0.579. The summed E-state index contributed by atoms with van der Waals surface area (Å²) in [6, 6.07) is 9.04. The average Bonchev–Trinajstić information content (AvgIpc) is 3.12. The Labute approximate surface area is 166 Å². The first kappa shape index (κ1) is 21.1. The van der Waals surface area contributed by atoms with Crippen LogP contribution in [0.1, 0.15) is 34.6 Å². The van der Waals surface area contributed by atoms with Gasteiger partial charge in [0.05, 0.1) is 5.56 Å². The second kappa shape index (κ2) is 9.65. The van der Waals surface area contributed by atoms with Crippen molar-refractivity contribution < 1.29 is 23.9 Å². The molecule has 0 radical (unpaired) electrons. The lowest BCUT2D eigenvalue weighted by Gasteiger charge is -2.20. The number of anilines is 1. The SMILES string of the molecule is CC(C)[C@@H](NC(=O)c1ccccc1)C(=O)OCC(=O)Nc1sccc1C(N)=O. The van der Waals surface area contributed by atoms with Gasteiger partial charge in [0, 0.05) is 5.56 Å². The fourth-order valence-corrected chi connectivity index (χ4v) is 3.11. The molecule has 0 unspecified atom stereocenters. The van der Waals surface area contributed by atoms with E-state index in [4.69, 9.17) is 10.5 Å². The lowest BCUT2D eigenvalue weighted by molar-refractivity contribution is -0.150. The van der Waals surface area contributed by atoms with Crippen LogP contribution in [0, 0.1) is 5.92 Å². The van der Waals surface area contributed by atoms with E-state index in [2.05, 4.69) is 10.6 Å². The number of ether oxygens (including phenoxy) is 1. The summed E-state index contributed by atoms with van der Waals surface area (Å²) >= 11 is 1.13. The summed E-state index contributed by atoms with van der Waals surface area (Å²) < 4.78 is 5.04. The highest BCUT2D eigenvalue weighted by molar-refractivity contribution is 7.14. The van der Waals surface area contributed by atoms with Gasteiger partial charge in [0.25, 0.3) is 17.7 Å². The van der Waals surface area contributed by atoms with E-state index < -0.39 is 36.3 Å². The molecular weight excluding hydrogens is 382 g/mol. The molecule has 0 aliphatic heterocycles. The number of rotatable bonds is 8. The zero-order valence-corrected chi connectivity index (χ0v) is 16.2. The number of hydrogen-bond donors (Lipinski definition) is 3. The molecule has 2 rings (SSSR count). The van der Waals surface area contributed by atoms with Gasteiger partial charge in [-0.05, 0) is 29.5 Å². The zero-order valence-electron chi connectivity index (χ0n) is 15.4. The van der Waals surface area contributed by atoms with Crippen LogP contribution in [0.15, 0.2) is 41.8 Å². The monoisotopic (exact) mass is 403 g/mol. The van der Waals surface area contributed by atoms with E-state index in [9.17, 15) is 19.2 Å². The van der Waals surface area contributed by atoms with Gasteiger partial charge in [0.1, 0.15) is 11.0 Å². The topological polar surface area (TPSA) is 128 Å². The van der Waals surface area contributed by atoms with E-state index in [1.165, 1.54) is 6.07 Å². The van der Waals surface area contributed by atoms with Gasteiger partial charge in [-0.1, -0.05) is 32.0 Å². The maximum atomic E-state index is 12.3. The van der Waals surface area contributed by atoms with Crippen molar-refractivity contribution in [3.63, 3.8) is 0 Å². The third-order valence-corrected chi connectivity index (χ3v) is 4.60. The maximum Gasteiger partial charge on any atom is 0.329 e. The van der Waals surface area contributed by atoms with E-state index in [0.29, 0.717) is 5.56 Å². The summed E-state index contributed by atoms with van der Waals surface area (Å²) in [5.41, 5.74) is 5.81. The summed E-state index contributed by atoms with van der Waals surface area (Å²) in [6.07, 6.45) is 0. The van der Waals surface area contributed by atoms with Crippen molar-refractivity contribution >= 4 is 40.0 Å². The number of thiophene rings is 1. The maximum absolute atomic E-state index is 12.3. The number of esters is 1. The van der Waals surface area contributed by atoms with Crippen molar-refractivity contribution in [1.29, 1.82) is 0 Å². The summed E-state index contributed by atoms with van der Waals surface area (Å²) in [7, 11) is 0. The molecule has 9 heteroatoms. The number of benzene rings is 1. The molecule has 0 bridgehead atoms. The second-order valence-electron chi connectivity index (χ2n) is 6.24. The molecular formula is C19H21N3O5S. The number of nitrogens with two attached hydrogens (primary N) is 1. The minimum atomic E-state index is -0.913. The average molecular weight is 403 g/mol. The van der Waals surface area contributed by atoms with Gasteiger partial charge >= 0.3 is 5.97 Å². The molecule has 0 saturated heterocycles. The predicted molar refractivity (Wildman–Crippen MR) is 105 cm³/mol. The fraction of sp³-hybridized carbons (Fsp3) is 0.263. The van der Waals surface area contributed by atoms with Gasteiger partial charge in [-0.2, -0.15) is 0 Å². The molecule has 0 aliphatic rings. The number of amides is 3. The highest BCUT2D eigenvalue weighted by Gasteiger charge is 2.27. The van der Waals surface area contributed by atoms with Crippen LogP contribution < -0.4 is 16.4 Å². The molecule has 1 heterocycles.